The van der Waals surface area contributed by atoms with Crippen LogP contribution in [0, 0.1) is 28.6 Å². The lowest BCUT2D eigenvalue weighted by Crippen LogP contribution is -2.77. The summed E-state index contributed by atoms with van der Waals surface area (Å²) in [4.78, 5) is 38.7. The van der Waals surface area contributed by atoms with E-state index in [1.54, 1.807) is 20.8 Å². The van der Waals surface area contributed by atoms with Crippen molar-refractivity contribution in [3.8, 4) is 0 Å². The highest BCUT2D eigenvalue weighted by Gasteiger charge is 2.77. The van der Waals surface area contributed by atoms with Crippen LogP contribution in [0.1, 0.15) is 93.4 Å². The zero-order valence-electron chi connectivity index (χ0n) is 30.1. The van der Waals surface area contributed by atoms with Gasteiger partial charge in [-0.1, -0.05) is 6.92 Å². The average molecular weight is 705 g/mol. The molecule has 7 fully saturated rings. The third-order valence-electron chi connectivity index (χ3n) is 13.8. The Morgan fingerprint density at radius 3 is 2.42 bits per heavy atom. The Morgan fingerprint density at radius 2 is 1.72 bits per heavy atom. The van der Waals surface area contributed by atoms with Crippen LogP contribution in [-0.2, 0) is 52.3 Å². The molecule has 50 heavy (non-hydrogen) atoms. The van der Waals surface area contributed by atoms with Crippen molar-refractivity contribution in [2.24, 2.45) is 28.6 Å². The van der Waals surface area contributed by atoms with E-state index < -0.39 is 94.3 Å². The molecule has 1 spiro atoms. The van der Waals surface area contributed by atoms with E-state index in [4.69, 9.17) is 37.9 Å². The van der Waals surface area contributed by atoms with Gasteiger partial charge in [0.25, 0.3) is 0 Å². The molecule has 13 heteroatoms. The fourth-order valence-electron chi connectivity index (χ4n) is 11.8. The van der Waals surface area contributed by atoms with Crippen LogP contribution in [-0.4, -0.2) is 107 Å². The monoisotopic (exact) mass is 704 g/mol. The van der Waals surface area contributed by atoms with Gasteiger partial charge in [0.15, 0.2) is 24.0 Å². The predicted molar refractivity (Wildman–Crippen MR) is 171 cm³/mol. The lowest BCUT2D eigenvalue weighted by atomic mass is 9.40. The summed E-state index contributed by atoms with van der Waals surface area (Å²) < 4.78 is 49.4. The molecule has 4 aliphatic carbocycles. The minimum Gasteiger partial charge on any atom is -0.458 e. The van der Waals surface area contributed by atoms with Crippen molar-refractivity contribution in [1.82, 2.24) is 0 Å². The van der Waals surface area contributed by atoms with Crippen LogP contribution >= 0.6 is 0 Å². The maximum absolute atomic E-state index is 14.7. The Bertz CT molecular complexity index is 1490. The van der Waals surface area contributed by atoms with Gasteiger partial charge < -0.3 is 48.1 Å². The number of rotatable bonds is 4. The topological polar surface area (TPSA) is 166 Å². The van der Waals surface area contributed by atoms with Gasteiger partial charge >= 0.3 is 11.9 Å². The second-order valence-electron chi connectivity index (χ2n) is 17.4. The number of aliphatic hydroxyl groups is 2. The number of carbonyl (C=O) groups excluding carboxylic acids is 3. The molecule has 278 valence electrons. The molecule has 8 rings (SSSR count). The largest absolute Gasteiger partial charge is 0.458 e. The molecule has 0 aromatic rings. The van der Waals surface area contributed by atoms with Gasteiger partial charge in [-0.05, 0) is 77.7 Å². The minimum absolute atomic E-state index is 0.0168. The van der Waals surface area contributed by atoms with E-state index in [2.05, 4.69) is 0 Å². The van der Waals surface area contributed by atoms with E-state index in [1.807, 2.05) is 20.8 Å². The molecule has 4 heterocycles. The molecule has 13 nitrogen and oxygen atoms in total. The van der Waals surface area contributed by atoms with E-state index in [0.717, 1.165) is 5.57 Å². The summed E-state index contributed by atoms with van der Waals surface area (Å²) in [5.74, 6) is -4.11. The van der Waals surface area contributed by atoms with Crippen molar-refractivity contribution >= 4 is 17.7 Å². The molecule has 14 atom stereocenters. The summed E-state index contributed by atoms with van der Waals surface area (Å²) in [6.45, 7) is 12.6. The Morgan fingerprint density at radius 1 is 0.980 bits per heavy atom. The van der Waals surface area contributed by atoms with Crippen molar-refractivity contribution in [3.05, 3.63) is 11.6 Å². The molecule has 3 saturated heterocycles. The number of hydrogen-bond donors (Lipinski definition) is 2. The molecular formula is C37H52O13. The third kappa shape index (κ3) is 4.97. The molecule has 8 aliphatic rings. The van der Waals surface area contributed by atoms with Gasteiger partial charge in [0, 0.05) is 43.6 Å². The second kappa shape index (κ2) is 11.3. The van der Waals surface area contributed by atoms with E-state index in [1.165, 1.54) is 13.0 Å². The SMILES string of the molecule is CC(=O)O[C@@H]1[C@H]2OC(C)(C)O[C@H]2[C@H](O[C@H]2C[C@H]3OC(C)(C)OC[C@]34[C@H]3C(=O)C[C@]5(C)[C@@H](C6=CC(=O)OC6)CC[C@]5(O)[C@@H]3CC[C@]4(O)C2)O[C@H]1C. The summed E-state index contributed by atoms with van der Waals surface area (Å²) in [5, 5.41) is 25.7. The Hall–Kier alpha value is -1.97. The Labute approximate surface area is 292 Å². The van der Waals surface area contributed by atoms with Gasteiger partial charge in [-0.25, -0.2) is 4.79 Å². The first-order valence-corrected chi connectivity index (χ1v) is 18.3. The van der Waals surface area contributed by atoms with Crippen LogP contribution in [0.2, 0.25) is 0 Å². The molecule has 0 bridgehead atoms. The quantitative estimate of drug-likeness (QED) is 0.325. The number of cyclic esters (lactones) is 1. The first-order chi connectivity index (χ1) is 23.3. The standard InChI is InChI=1S/C37H52O13/c1-18-28(46-19(2)38)29-30(50-33(5,6)49-29)31(45-18)47-21-13-25-36(17-44-32(3,4)48-25)27-23(8-10-35(36,41)14-21)37(42)11-9-22(20-12-26(40)43-16-20)34(37,7)15-24(27)39/h12,18,21-23,25,27-31,41-42H,8-11,13-17H2,1-7H3/t18-,21-,22+,23+,25+,27+,28-,29+,30+,31-,34+,35-,36+,37-/m0/s1. The summed E-state index contributed by atoms with van der Waals surface area (Å²) in [5.41, 5.74) is -3.68. The second-order valence-corrected chi connectivity index (χ2v) is 17.4. The van der Waals surface area contributed by atoms with Crippen LogP contribution in [0.5, 0.6) is 0 Å². The van der Waals surface area contributed by atoms with Gasteiger partial charge in [-0.2, -0.15) is 0 Å². The highest BCUT2D eigenvalue weighted by molar-refractivity contribution is 5.87. The molecule has 0 amide bonds. The minimum atomic E-state index is -1.42. The van der Waals surface area contributed by atoms with Gasteiger partial charge in [-0.3, -0.25) is 9.59 Å². The van der Waals surface area contributed by atoms with E-state index in [9.17, 15) is 24.6 Å². The first-order valence-electron chi connectivity index (χ1n) is 18.3. The highest BCUT2D eigenvalue weighted by atomic mass is 16.8. The van der Waals surface area contributed by atoms with Gasteiger partial charge in [0.05, 0.1) is 41.5 Å². The van der Waals surface area contributed by atoms with Crippen molar-refractivity contribution in [1.29, 1.82) is 0 Å². The van der Waals surface area contributed by atoms with Gasteiger partial charge in [-0.15, -0.1) is 0 Å². The van der Waals surface area contributed by atoms with Crippen LogP contribution in [0.15, 0.2) is 11.6 Å². The maximum atomic E-state index is 14.7. The Balaban J connectivity index is 1.10. The van der Waals surface area contributed by atoms with Gasteiger partial charge in [0.1, 0.15) is 24.6 Å². The van der Waals surface area contributed by atoms with Crippen molar-refractivity contribution in [3.63, 3.8) is 0 Å². The molecular weight excluding hydrogens is 652 g/mol. The van der Waals surface area contributed by atoms with E-state index in [0.29, 0.717) is 32.1 Å². The summed E-state index contributed by atoms with van der Waals surface area (Å²) in [6, 6.07) is 0. The zero-order chi connectivity index (χ0) is 35.8. The number of ether oxygens (including phenoxy) is 8. The predicted octanol–water partition coefficient (Wildman–Crippen LogP) is 2.86. The molecule has 0 aromatic carbocycles. The zero-order valence-corrected chi connectivity index (χ0v) is 30.1. The van der Waals surface area contributed by atoms with Crippen LogP contribution in [0.4, 0.5) is 0 Å². The van der Waals surface area contributed by atoms with Crippen LogP contribution in [0.3, 0.4) is 0 Å². The first kappa shape index (κ1) is 35.1. The summed E-state index contributed by atoms with van der Waals surface area (Å²) in [6.07, 6.45) is -0.597. The van der Waals surface area contributed by atoms with Gasteiger partial charge in [0.2, 0.25) is 0 Å². The maximum Gasteiger partial charge on any atom is 0.331 e. The highest BCUT2D eigenvalue weighted by Crippen LogP contribution is 2.71. The molecule has 0 radical (unpaired) electrons. The van der Waals surface area contributed by atoms with Crippen LogP contribution < -0.4 is 0 Å². The Kier molecular flexibility index (Phi) is 7.91. The fourth-order valence-corrected chi connectivity index (χ4v) is 11.8. The number of carbonyl (C=O) groups is 3. The lowest BCUT2D eigenvalue weighted by Gasteiger charge is -2.69. The van der Waals surface area contributed by atoms with Crippen molar-refractivity contribution in [2.45, 2.75) is 159 Å². The van der Waals surface area contributed by atoms with E-state index in [-0.39, 0.29) is 43.7 Å². The van der Waals surface area contributed by atoms with E-state index >= 15 is 0 Å². The smallest absolute Gasteiger partial charge is 0.331 e. The molecule has 4 aliphatic heterocycles. The number of esters is 2. The molecule has 0 aromatic heterocycles. The molecule has 4 saturated carbocycles. The molecule has 0 unspecified atom stereocenters. The summed E-state index contributed by atoms with van der Waals surface area (Å²) in [7, 11) is 0. The summed E-state index contributed by atoms with van der Waals surface area (Å²) >= 11 is 0. The number of Topliss-reactive ketones (excluding diaryl/α,β-unsaturated/α-hetero) is 1. The number of ketones is 1. The van der Waals surface area contributed by atoms with Crippen molar-refractivity contribution in [2.75, 3.05) is 13.2 Å². The van der Waals surface area contributed by atoms with Crippen LogP contribution in [0.25, 0.3) is 0 Å². The fraction of sp³-hybridized carbons (Fsp3) is 0.865. The third-order valence-corrected chi connectivity index (χ3v) is 13.8. The number of hydrogen-bond acceptors (Lipinski definition) is 13. The lowest BCUT2D eigenvalue weighted by molar-refractivity contribution is -0.395. The number of fused-ring (bicyclic) bond motifs is 4. The molecule has 2 N–H and O–H groups in total. The van der Waals surface area contributed by atoms with Crippen molar-refractivity contribution < 1.29 is 62.5 Å². The normalized spacial score (nSPS) is 51.7. The average Bonchev–Trinajstić information content (AvgIpc) is 3.65.